The minimum atomic E-state index is -0.289. The van der Waals surface area contributed by atoms with Gasteiger partial charge in [-0.25, -0.2) is 0 Å². The van der Waals surface area contributed by atoms with Gasteiger partial charge in [-0.3, -0.25) is 14.6 Å². The van der Waals surface area contributed by atoms with Crippen LogP contribution in [0.15, 0.2) is 18.3 Å². The molecular weight excluding hydrogens is 274 g/mol. The van der Waals surface area contributed by atoms with Crippen molar-refractivity contribution in [2.24, 2.45) is 0 Å². The average molecular weight is 293 g/mol. The molecule has 1 atom stereocenters. The van der Waals surface area contributed by atoms with Crippen molar-refractivity contribution in [1.29, 1.82) is 0 Å². The molecule has 1 amide bonds. The second-order valence-corrected chi connectivity index (χ2v) is 4.70. The summed E-state index contributed by atoms with van der Waals surface area (Å²) in [6.45, 7) is 1.81. The van der Waals surface area contributed by atoms with E-state index in [0.717, 1.165) is 5.69 Å². The summed E-state index contributed by atoms with van der Waals surface area (Å²) in [5, 5.41) is 2.55. The number of methoxy groups -OCH3 is 1. The van der Waals surface area contributed by atoms with Crippen LogP contribution in [-0.4, -0.2) is 56.8 Å². The van der Waals surface area contributed by atoms with Crippen molar-refractivity contribution >= 4 is 17.6 Å². The first-order chi connectivity index (χ1) is 10.1. The van der Waals surface area contributed by atoms with Crippen LogP contribution in [0.2, 0.25) is 0 Å². The first-order valence-electron chi connectivity index (χ1n) is 6.75. The molecule has 1 fully saturated rings. The number of rotatable bonds is 4. The highest BCUT2D eigenvalue weighted by atomic mass is 16.5. The molecule has 2 rings (SSSR count). The minimum Gasteiger partial charge on any atom is -0.469 e. The third-order valence-corrected chi connectivity index (χ3v) is 3.33. The number of anilines is 1. The van der Waals surface area contributed by atoms with Crippen molar-refractivity contribution in [1.82, 2.24) is 10.3 Å². The largest absolute Gasteiger partial charge is 0.469 e. The normalized spacial score (nSPS) is 18.2. The fourth-order valence-corrected chi connectivity index (χ4v) is 2.21. The molecule has 0 spiro atoms. The van der Waals surface area contributed by atoms with Gasteiger partial charge in [0.25, 0.3) is 5.91 Å². The lowest BCUT2D eigenvalue weighted by Crippen LogP contribution is -2.43. The Labute approximate surface area is 123 Å². The van der Waals surface area contributed by atoms with Crippen LogP contribution < -0.4 is 10.2 Å². The van der Waals surface area contributed by atoms with Gasteiger partial charge in [0.2, 0.25) is 0 Å². The van der Waals surface area contributed by atoms with E-state index in [1.54, 1.807) is 19.3 Å². The Balaban J connectivity index is 2.07. The van der Waals surface area contributed by atoms with Crippen LogP contribution in [0.3, 0.4) is 0 Å². The van der Waals surface area contributed by atoms with Crippen molar-refractivity contribution in [3.8, 4) is 0 Å². The summed E-state index contributed by atoms with van der Waals surface area (Å²) in [6, 6.07) is 3.58. The maximum absolute atomic E-state index is 11.6. The molecule has 0 saturated carbocycles. The summed E-state index contributed by atoms with van der Waals surface area (Å²) in [5.74, 6) is -0.515. The summed E-state index contributed by atoms with van der Waals surface area (Å²) >= 11 is 0. The number of ether oxygens (including phenoxy) is 2. The van der Waals surface area contributed by atoms with Crippen LogP contribution in [0.25, 0.3) is 0 Å². The number of pyridine rings is 1. The molecule has 1 aliphatic heterocycles. The predicted molar refractivity (Wildman–Crippen MR) is 76.2 cm³/mol. The van der Waals surface area contributed by atoms with Gasteiger partial charge in [0.05, 0.1) is 26.2 Å². The van der Waals surface area contributed by atoms with Gasteiger partial charge in [0.15, 0.2) is 0 Å². The number of amides is 1. The van der Waals surface area contributed by atoms with Crippen molar-refractivity contribution in [2.75, 3.05) is 38.8 Å². The molecule has 7 nitrogen and oxygen atoms in total. The molecule has 0 aromatic carbocycles. The van der Waals surface area contributed by atoms with Gasteiger partial charge in [-0.15, -0.1) is 0 Å². The number of esters is 1. The van der Waals surface area contributed by atoms with Gasteiger partial charge >= 0.3 is 5.97 Å². The molecule has 1 saturated heterocycles. The van der Waals surface area contributed by atoms with Gasteiger partial charge in [-0.05, 0) is 12.1 Å². The lowest BCUT2D eigenvalue weighted by molar-refractivity contribution is -0.144. The van der Waals surface area contributed by atoms with Gasteiger partial charge in [0, 0.05) is 32.0 Å². The summed E-state index contributed by atoms with van der Waals surface area (Å²) in [5.41, 5.74) is 1.26. The van der Waals surface area contributed by atoms with E-state index in [1.807, 2.05) is 6.07 Å². The Morgan fingerprint density at radius 2 is 2.38 bits per heavy atom. The van der Waals surface area contributed by atoms with E-state index in [9.17, 15) is 9.59 Å². The van der Waals surface area contributed by atoms with Crippen molar-refractivity contribution in [3.05, 3.63) is 24.0 Å². The molecule has 1 aromatic rings. The maximum atomic E-state index is 11.6. The third-order valence-electron chi connectivity index (χ3n) is 3.33. The predicted octanol–water partition coefficient (Wildman–Crippen LogP) is 0.210. The van der Waals surface area contributed by atoms with E-state index in [0.29, 0.717) is 25.4 Å². The zero-order valence-electron chi connectivity index (χ0n) is 12.2. The van der Waals surface area contributed by atoms with Crippen LogP contribution in [0.5, 0.6) is 0 Å². The van der Waals surface area contributed by atoms with Crippen molar-refractivity contribution < 1.29 is 19.1 Å². The highest BCUT2D eigenvalue weighted by Gasteiger charge is 2.24. The number of carbonyl (C=O) groups excluding carboxylic acids is 2. The third kappa shape index (κ3) is 3.91. The number of hydrogen-bond donors (Lipinski definition) is 1. The SMILES string of the molecule is CNC(=O)c1cc(N2CCOC(CC(=O)OC)C2)ccn1. The van der Waals surface area contributed by atoms with Crippen LogP contribution in [-0.2, 0) is 14.3 Å². The summed E-state index contributed by atoms with van der Waals surface area (Å²) in [4.78, 5) is 29.1. The summed E-state index contributed by atoms with van der Waals surface area (Å²) in [6.07, 6.45) is 1.62. The smallest absolute Gasteiger partial charge is 0.308 e. The zero-order valence-corrected chi connectivity index (χ0v) is 12.2. The molecule has 114 valence electrons. The minimum absolute atomic E-state index is 0.206. The fourth-order valence-electron chi connectivity index (χ4n) is 2.21. The first-order valence-corrected chi connectivity index (χ1v) is 6.75. The first kappa shape index (κ1) is 15.2. The lowest BCUT2D eigenvalue weighted by atomic mass is 10.2. The molecule has 1 aliphatic rings. The Morgan fingerprint density at radius 3 is 3.10 bits per heavy atom. The van der Waals surface area contributed by atoms with E-state index < -0.39 is 0 Å². The Bertz CT molecular complexity index is 521. The number of nitrogens with zero attached hydrogens (tertiary/aromatic N) is 2. The van der Waals surface area contributed by atoms with Gasteiger partial charge < -0.3 is 19.7 Å². The Morgan fingerprint density at radius 1 is 1.57 bits per heavy atom. The standard InChI is InChI=1S/C14H19N3O4/c1-15-14(19)12-7-10(3-4-16-12)17-5-6-21-11(9-17)8-13(18)20-2/h3-4,7,11H,5-6,8-9H2,1-2H3,(H,15,19). The summed E-state index contributed by atoms with van der Waals surface area (Å²) in [7, 11) is 2.93. The molecule has 1 aromatic heterocycles. The van der Waals surface area contributed by atoms with Gasteiger partial charge in [-0.2, -0.15) is 0 Å². The second-order valence-electron chi connectivity index (χ2n) is 4.70. The van der Waals surface area contributed by atoms with E-state index >= 15 is 0 Å². The van der Waals surface area contributed by atoms with Crippen LogP contribution in [0, 0.1) is 0 Å². The summed E-state index contributed by atoms with van der Waals surface area (Å²) < 4.78 is 10.2. The Hall–Kier alpha value is -2.15. The Kier molecular flexibility index (Phi) is 5.10. The number of nitrogens with one attached hydrogen (secondary N) is 1. The topological polar surface area (TPSA) is 80.8 Å². The van der Waals surface area contributed by atoms with Crippen molar-refractivity contribution in [2.45, 2.75) is 12.5 Å². The monoisotopic (exact) mass is 293 g/mol. The quantitative estimate of drug-likeness (QED) is 0.799. The second kappa shape index (κ2) is 7.03. The fraction of sp³-hybridized carbons (Fsp3) is 0.500. The maximum Gasteiger partial charge on any atom is 0.308 e. The van der Waals surface area contributed by atoms with E-state index in [2.05, 4.69) is 19.9 Å². The van der Waals surface area contributed by atoms with Crippen LogP contribution >= 0.6 is 0 Å². The lowest BCUT2D eigenvalue weighted by Gasteiger charge is -2.34. The zero-order chi connectivity index (χ0) is 15.2. The molecule has 1 unspecified atom stereocenters. The number of aromatic nitrogens is 1. The molecule has 2 heterocycles. The van der Waals surface area contributed by atoms with Gasteiger partial charge in [-0.1, -0.05) is 0 Å². The highest BCUT2D eigenvalue weighted by Crippen LogP contribution is 2.19. The number of carbonyl (C=O) groups is 2. The average Bonchev–Trinajstić information content (AvgIpc) is 2.54. The highest BCUT2D eigenvalue weighted by molar-refractivity contribution is 5.92. The van der Waals surface area contributed by atoms with E-state index in [4.69, 9.17) is 4.74 Å². The molecule has 7 heteroatoms. The van der Waals surface area contributed by atoms with Gasteiger partial charge in [0.1, 0.15) is 5.69 Å². The van der Waals surface area contributed by atoms with Crippen LogP contribution in [0.4, 0.5) is 5.69 Å². The molecule has 0 radical (unpaired) electrons. The molecule has 0 bridgehead atoms. The molecule has 0 aliphatic carbocycles. The van der Waals surface area contributed by atoms with E-state index in [-0.39, 0.29) is 24.4 Å². The number of morpholine rings is 1. The molecule has 21 heavy (non-hydrogen) atoms. The number of hydrogen-bond acceptors (Lipinski definition) is 6. The molecular formula is C14H19N3O4. The van der Waals surface area contributed by atoms with Crippen LogP contribution in [0.1, 0.15) is 16.9 Å². The van der Waals surface area contributed by atoms with Crippen molar-refractivity contribution in [3.63, 3.8) is 0 Å². The molecule has 1 N–H and O–H groups in total. The van der Waals surface area contributed by atoms with E-state index in [1.165, 1.54) is 7.11 Å².